The van der Waals surface area contributed by atoms with E-state index < -0.39 is 31.6 Å². The number of nitrogens with one attached hydrogen (secondary N) is 1. The number of aromatic nitrogens is 1. The number of rotatable bonds is 7. The van der Waals surface area contributed by atoms with Gasteiger partial charge in [-0.3, -0.25) is 9.59 Å². The van der Waals surface area contributed by atoms with Crippen LogP contribution in [-0.2, 0) is 31.6 Å². The van der Waals surface area contributed by atoms with E-state index in [1.54, 1.807) is 19.2 Å². The second kappa shape index (κ2) is 11.3. The van der Waals surface area contributed by atoms with Crippen LogP contribution in [0.2, 0.25) is 0 Å². The molecule has 4 atom stereocenters. The Morgan fingerprint density at radius 3 is 2.35 bits per heavy atom. The standard InChI is InChI=1S/C35H43N5O7S2/c1-37(2)49(45,46)36-33(41)22-10-12-27-30(14-22)39-20-35(34(42)40-23-15-24(40)19-38(18-23)48(4,43)44)17-29(35)28-16-25(47-3)11-13-26(28)32(39)31(27)21-8-6-5-7-9-21/h10-14,16,21,23-24,29H,5-9,15,17-20H2,1-4H3,(H,36,41)/t23-,24+,29?,35?. The van der Waals surface area contributed by atoms with Gasteiger partial charge < -0.3 is 14.2 Å². The number of hydrogen-bond acceptors (Lipinski definition) is 7. The van der Waals surface area contributed by atoms with Gasteiger partial charge in [0, 0.05) is 73.8 Å². The lowest BCUT2D eigenvalue weighted by atomic mass is 9.81. The molecule has 12 nitrogen and oxygen atoms in total. The van der Waals surface area contributed by atoms with E-state index >= 15 is 0 Å². The van der Waals surface area contributed by atoms with Crippen molar-refractivity contribution in [2.45, 2.75) is 75.4 Å². The molecule has 5 aliphatic rings. The van der Waals surface area contributed by atoms with Crippen LogP contribution in [0.4, 0.5) is 0 Å². The maximum absolute atomic E-state index is 14.9. The zero-order chi connectivity index (χ0) is 34.6. The molecule has 0 spiro atoms. The number of piperidine rings is 1. The van der Waals surface area contributed by atoms with Crippen molar-refractivity contribution in [3.63, 3.8) is 0 Å². The highest BCUT2D eigenvalue weighted by molar-refractivity contribution is 7.88. The fourth-order valence-electron chi connectivity index (χ4n) is 9.12. The molecule has 3 aliphatic heterocycles. The van der Waals surface area contributed by atoms with Gasteiger partial charge in [-0.05, 0) is 73.1 Å². The minimum Gasteiger partial charge on any atom is -0.497 e. The van der Waals surface area contributed by atoms with Gasteiger partial charge in [0.05, 0.1) is 24.5 Å². The zero-order valence-corrected chi connectivity index (χ0v) is 29.9. The number of sulfonamides is 1. The highest BCUT2D eigenvalue weighted by atomic mass is 32.2. The quantitative estimate of drug-likeness (QED) is 0.396. The van der Waals surface area contributed by atoms with Crippen LogP contribution in [0, 0.1) is 5.41 Å². The van der Waals surface area contributed by atoms with Crippen LogP contribution in [0.5, 0.6) is 5.75 Å². The average Bonchev–Trinajstić information content (AvgIpc) is 3.74. The molecule has 8 rings (SSSR count). The SMILES string of the molecule is COc1ccc2c(c1)C1CC1(C(=O)N1[C@@H]3C[C@H]1CN(S(C)(=O)=O)C3)Cn1c-2c(C2CCCCC2)c2ccc(C(=O)NS(=O)(=O)N(C)C)cc21. The van der Waals surface area contributed by atoms with Crippen molar-refractivity contribution in [1.29, 1.82) is 0 Å². The Morgan fingerprint density at radius 2 is 1.69 bits per heavy atom. The third kappa shape index (κ3) is 5.11. The highest BCUT2D eigenvalue weighted by Gasteiger charge is 2.66. The van der Waals surface area contributed by atoms with Gasteiger partial charge in [0.1, 0.15) is 5.75 Å². The lowest BCUT2D eigenvalue weighted by molar-refractivity contribution is -0.157. The molecular formula is C35H43N5O7S2. The number of nitrogens with zero attached hydrogens (tertiary/aromatic N) is 4. The first-order chi connectivity index (χ1) is 23.2. The van der Waals surface area contributed by atoms with Gasteiger partial charge in [0.15, 0.2) is 0 Å². The van der Waals surface area contributed by atoms with E-state index in [1.165, 1.54) is 36.6 Å². The molecule has 14 heteroatoms. The Morgan fingerprint density at radius 1 is 0.980 bits per heavy atom. The normalized spacial score (nSPS) is 26.7. The number of ether oxygens (including phenoxy) is 1. The number of amides is 2. The molecule has 262 valence electrons. The summed E-state index contributed by atoms with van der Waals surface area (Å²) in [4.78, 5) is 30.2. The molecule has 2 unspecified atom stereocenters. The molecule has 3 aromatic rings. The van der Waals surface area contributed by atoms with Gasteiger partial charge in [0.2, 0.25) is 15.9 Å². The van der Waals surface area contributed by atoms with Crippen molar-refractivity contribution < 1.29 is 31.2 Å². The Bertz CT molecular complexity index is 2110. The van der Waals surface area contributed by atoms with Crippen molar-refractivity contribution >= 4 is 42.9 Å². The number of fused-ring (bicyclic) bond motifs is 9. The Labute approximate surface area is 287 Å². The molecule has 0 radical (unpaired) electrons. The summed E-state index contributed by atoms with van der Waals surface area (Å²) in [6.07, 6.45) is 8.20. The Hall–Kier alpha value is -3.46. The molecule has 2 amide bonds. The van der Waals surface area contributed by atoms with Crippen molar-refractivity contribution in [2.75, 3.05) is 40.6 Å². The highest BCUT2D eigenvalue weighted by Crippen LogP contribution is 2.67. The first kappa shape index (κ1) is 32.7. The molecule has 1 aromatic heterocycles. The third-order valence-corrected chi connectivity index (χ3v) is 14.4. The molecule has 1 N–H and O–H groups in total. The molecule has 49 heavy (non-hydrogen) atoms. The van der Waals surface area contributed by atoms with Crippen molar-refractivity contribution in [3.05, 3.63) is 53.1 Å². The second-order valence-corrected chi connectivity index (χ2v) is 18.7. The third-order valence-electron chi connectivity index (χ3n) is 11.8. The summed E-state index contributed by atoms with van der Waals surface area (Å²) in [5, 5.41) is 1.02. The summed E-state index contributed by atoms with van der Waals surface area (Å²) < 4.78 is 62.4. The summed E-state index contributed by atoms with van der Waals surface area (Å²) in [6.45, 7) is 1.02. The van der Waals surface area contributed by atoms with Crippen LogP contribution in [0.1, 0.15) is 78.3 Å². The predicted molar refractivity (Wildman–Crippen MR) is 185 cm³/mol. The molecule has 4 heterocycles. The maximum atomic E-state index is 14.9. The number of benzene rings is 2. The summed E-state index contributed by atoms with van der Waals surface area (Å²) in [5.41, 5.74) is 4.69. The fourth-order valence-corrected chi connectivity index (χ4v) is 10.5. The number of carbonyl (C=O) groups excluding carboxylic acids is 2. The average molecular weight is 710 g/mol. The lowest BCUT2D eigenvalue weighted by Crippen LogP contribution is -2.71. The molecule has 2 bridgehead atoms. The molecule has 2 aliphatic carbocycles. The van der Waals surface area contributed by atoms with Gasteiger partial charge in [-0.2, -0.15) is 17.0 Å². The smallest absolute Gasteiger partial charge is 0.303 e. The van der Waals surface area contributed by atoms with Crippen LogP contribution < -0.4 is 9.46 Å². The molecule has 2 aromatic carbocycles. The predicted octanol–water partition coefficient (Wildman–Crippen LogP) is 3.63. The minimum absolute atomic E-state index is 0.0525. The van der Waals surface area contributed by atoms with Crippen LogP contribution in [-0.4, -0.2) is 99.4 Å². The van der Waals surface area contributed by atoms with Gasteiger partial charge >= 0.3 is 10.2 Å². The number of hydrogen-bond donors (Lipinski definition) is 1. The van der Waals surface area contributed by atoms with E-state index in [4.69, 9.17) is 4.74 Å². The monoisotopic (exact) mass is 709 g/mol. The summed E-state index contributed by atoms with van der Waals surface area (Å²) in [6, 6.07) is 11.2. The topological polar surface area (TPSA) is 138 Å². The van der Waals surface area contributed by atoms with E-state index in [0.29, 0.717) is 32.0 Å². The van der Waals surface area contributed by atoms with Crippen LogP contribution in [0.3, 0.4) is 0 Å². The first-order valence-electron chi connectivity index (χ1n) is 17.1. The summed E-state index contributed by atoms with van der Waals surface area (Å²) in [7, 11) is -2.99. The summed E-state index contributed by atoms with van der Waals surface area (Å²) >= 11 is 0. The Balaban J connectivity index is 1.29. The van der Waals surface area contributed by atoms with Gasteiger partial charge in [-0.25, -0.2) is 13.1 Å². The maximum Gasteiger partial charge on any atom is 0.303 e. The number of carbonyl (C=O) groups is 2. The molecule has 4 fully saturated rings. The molecular weight excluding hydrogens is 667 g/mol. The Kier molecular flexibility index (Phi) is 7.53. The largest absolute Gasteiger partial charge is 0.497 e. The van der Waals surface area contributed by atoms with E-state index in [9.17, 15) is 26.4 Å². The number of methoxy groups -OCH3 is 1. The van der Waals surface area contributed by atoms with Gasteiger partial charge in [-0.1, -0.05) is 25.3 Å². The van der Waals surface area contributed by atoms with Crippen LogP contribution in [0.25, 0.3) is 22.2 Å². The van der Waals surface area contributed by atoms with E-state index in [-0.39, 0.29) is 29.5 Å². The molecule has 2 saturated carbocycles. The van der Waals surface area contributed by atoms with Crippen LogP contribution in [0.15, 0.2) is 36.4 Å². The van der Waals surface area contributed by atoms with Crippen molar-refractivity contribution in [2.24, 2.45) is 5.41 Å². The van der Waals surface area contributed by atoms with E-state index in [2.05, 4.69) is 21.4 Å². The lowest BCUT2D eigenvalue weighted by Gasteiger charge is -2.56. The van der Waals surface area contributed by atoms with Gasteiger partial charge in [0.25, 0.3) is 5.91 Å². The zero-order valence-electron chi connectivity index (χ0n) is 28.3. The van der Waals surface area contributed by atoms with Crippen molar-refractivity contribution in [3.8, 4) is 17.0 Å². The van der Waals surface area contributed by atoms with Gasteiger partial charge in [-0.15, -0.1) is 0 Å². The first-order valence-corrected chi connectivity index (χ1v) is 20.4. The summed E-state index contributed by atoms with van der Waals surface area (Å²) in [5.74, 6) is 0.308. The second-order valence-electron chi connectivity index (χ2n) is 14.8. The van der Waals surface area contributed by atoms with Crippen molar-refractivity contribution in [1.82, 2.24) is 22.8 Å². The van der Waals surface area contributed by atoms with E-state index in [1.807, 2.05) is 17.0 Å². The fraction of sp³-hybridized carbons (Fsp3) is 0.543. The molecule has 2 saturated heterocycles. The number of likely N-dealkylation sites (tertiary alicyclic amines) is 1. The van der Waals surface area contributed by atoms with E-state index in [0.717, 1.165) is 69.9 Å². The van der Waals surface area contributed by atoms with Crippen LogP contribution >= 0.6 is 0 Å². The number of piperazine rings is 1. The minimum atomic E-state index is -4.01.